The molecule has 18 nitrogen and oxygen atoms in total. The number of aryl methyl sites for hydroxylation is 1. The Hall–Kier alpha value is -1.20. The van der Waals surface area contributed by atoms with Crippen LogP contribution in [0.1, 0.15) is 37.6 Å². The molecule has 39 heavy (non-hydrogen) atoms. The molecule has 1 aliphatic heterocycles. The van der Waals surface area contributed by atoms with Gasteiger partial charge in [-0.25, -0.2) is 23.6 Å². The maximum absolute atomic E-state index is 12.0. The smallest absolute Gasteiger partial charge is 0.280 e. The highest BCUT2D eigenvalue weighted by Gasteiger charge is 2.45. The largest absolute Gasteiger partial charge is 0.756 e. The molecule has 0 spiro atoms. The molecule has 3 N–H and O–H groups in total. The first-order chi connectivity index (χ1) is 18.3. The van der Waals surface area contributed by atoms with Crippen LogP contribution in [0.4, 0.5) is 0 Å². The zero-order chi connectivity index (χ0) is 28.8. The molecule has 21 heteroatoms. The summed E-state index contributed by atoms with van der Waals surface area (Å²) in [6.45, 7) is 1.07. The first-order valence-electron chi connectivity index (χ1n) is 11.7. The fraction of sp³-hybridized carbons (Fsp3) is 0.722. The Morgan fingerprint density at radius 2 is 1.64 bits per heavy atom. The maximum Gasteiger partial charge on any atom is 0.280 e. The van der Waals surface area contributed by atoms with Gasteiger partial charge in [0.15, 0.2) is 11.9 Å². The third-order valence-electron chi connectivity index (χ3n) is 5.52. The van der Waals surface area contributed by atoms with Crippen LogP contribution in [0.25, 0.3) is 11.2 Å². The Kier molecular flexibility index (Phi) is 11.3. The van der Waals surface area contributed by atoms with Crippen LogP contribution in [0.15, 0.2) is 12.7 Å². The van der Waals surface area contributed by atoms with Crippen LogP contribution >= 0.6 is 23.5 Å². The highest BCUT2D eigenvalue weighted by atomic mass is 31.3. The molecular formula is C18H29N5O13P3-3. The monoisotopic (exact) mass is 616 g/mol. The molecule has 222 valence electrons. The topological polar surface area (TPSA) is 263 Å². The third kappa shape index (κ3) is 9.15. The van der Waals surface area contributed by atoms with Crippen LogP contribution in [0.2, 0.25) is 0 Å². The number of nitrogens with zero attached hydrogens (tertiary/aromatic N) is 4. The molecule has 0 aromatic carbocycles. The number of aromatic nitrogens is 4. The van der Waals surface area contributed by atoms with E-state index in [1.54, 1.807) is 14.0 Å². The molecule has 3 rings (SSSR count). The number of unbranched alkanes of at least 4 members (excludes halogenated alkanes) is 3. The highest BCUT2D eigenvalue weighted by molar-refractivity contribution is 7.65. The lowest BCUT2D eigenvalue weighted by atomic mass is 10.1. The number of nitrogens with one attached hydrogen (secondary N) is 1. The van der Waals surface area contributed by atoms with E-state index in [9.17, 15) is 38.6 Å². The van der Waals surface area contributed by atoms with Crippen molar-refractivity contribution < 1.29 is 61.0 Å². The number of rotatable bonds is 16. The molecule has 3 heterocycles. The average Bonchev–Trinajstić information content (AvgIpc) is 3.37. The number of phosphoric ester groups is 2. The second-order valence-corrected chi connectivity index (χ2v) is 13.0. The molecule has 0 saturated carbocycles. The molecule has 0 bridgehead atoms. The van der Waals surface area contributed by atoms with Crippen LogP contribution < -0.4 is 20.0 Å². The Morgan fingerprint density at radius 1 is 0.974 bits per heavy atom. The number of hydrogen-bond donors (Lipinski definition) is 3. The van der Waals surface area contributed by atoms with Crippen LogP contribution in [-0.2, 0) is 36.1 Å². The van der Waals surface area contributed by atoms with Gasteiger partial charge in [0.1, 0.15) is 30.2 Å². The normalized spacial score (nSPS) is 26.3. The average molecular weight is 616 g/mol. The van der Waals surface area contributed by atoms with Crippen molar-refractivity contribution in [2.45, 2.75) is 57.1 Å². The van der Waals surface area contributed by atoms with E-state index in [0.717, 1.165) is 19.4 Å². The van der Waals surface area contributed by atoms with Gasteiger partial charge in [-0.3, -0.25) is 18.3 Å². The van der Waals surface area contributed by atoms with E-state index in [4.69, 9.17) is 4.74 Å². The number of aliphatic hydroxyl groups is 2. The van der Waals surface area contributed by atoms with E-state index in [1.165, 1.54) is 17.2 Å². The lowest BCUT2D eigenvalue weighted by Crippen LogP contribution is -2.34. The van der Waals surface area contributed by atoms with Crippen LogP contribution in [-0.4, -0.2) is 74.9 Å². The van der Waals surface area contributed by atoms with E-state index in [-0.39, 0.29) is 18.7 Å². The Morgan fingerprint density at radius 3 is 2.33 bits per heavy atom. The minimum absolute atomic E-state index is 0.264. The van der Waals surface area contributed by atoms with Gasteiger partial charge in [-0.05, 0) is 33.4 Å². The molecule has 2 aromatic heterocycles. The summed E-state index contributed by atoms with van der Waals surface area (Å²) in [5, 5.41) is 23.7. The minimum Gasteiger partial charge on any atom is -0.756 e. The fourth-order valence-electron chi connectivity index (χ4n) is 3.66. The number of phosphoric acid groups is 3. The SMILES string of the molecule is CNCCCCCCOP(=O)([O-])OP(=O)([O-])OP(=O)([O-])OC[C@H]1O[C@@H](n2cnc3c(C)ncnc32)[C@@H](O)C1O. The molecular weight excluding hydrogens is 587 g/mol. The molecule has 0 radical (unpaired) electrons. The van der Waals surface area contributed by atoms with Crippen molar-refractivity contribution >= 4 is 34.6 Å². The summed E-state index contributed by atoms with van der Waals surface area (Å²) >= 11 is 0. The third-order valence-corrected chi connectivity index (χ3v) is 9.68. The minimum atomic E-state index is -6.02. The van der Waals surface area contributed by atoms with Gasteiger partial charge in [0.25, 0.3) is 23.5 Å². The van der Waals surface area contributed by atoms with Gasteiger partial charge in [-0.2, -0.15) is 0 Å². The van der Waals surface area contributed by atoms with E-state index in [1.807, 2.05) is 0 Å². The molecule has 1 fully saturated rings. The number of aliphatic hydroxyl groups excluding tert-OH is 2. The molecule has 1 aliphatic rings. The predicted molar refractivity (Wildman–Crippen MR) is 125 cm³/mol. The van der Waals surface area contributed by atoms with Gasteiger partial charge in [-0.15, -0.1) is 0 Å². The zero-order valence-electron chi connectivity index (χ0n) is 20.9. The van der Waals surface area contributed by atoms with Crippen molar-refractivity contribution in [1.82, 2.24) is 24.8 Å². The van der Waals surface area contributed by atoms with E-state index in [2.05, 4.69) is 37.9 Å². The highest BCUT2D eigenvalue weighted by Crippen LogP contribution is 2.63. The van der Waals surface area contributed by atoms with Crippen LogP contribution in [0, 0.1) is 6.92 Å². The van der Waals surface area contributed by atoms with Crippen molar-refractivity contribution in [1.29, 1.82) is 0 Å². The van der Waals surface area contributed by atoms with Crippen molar-refractivity contribution in [2.24, 2.45) is 0 Å². The Balaban J connectivity index is 1.51. The van der Waals surface area contributed by atoms with Gasteiger partial charge in [0, 0.05) is 0 Å². The summed E-state index contributed by atoms with van der Waals surface area (Å²) in [6.07, 6.45) is -0.975. The van der Waals surface area contributed by atoms with Gasteiger partial charge >= 0.3 is 0 Å². The quantitative estimate of drug-likeness (QED) is 0.151. The first kappa shape index (κ1) is 32.3. The molecule has 7 atom stereocenters. The van der Waals surface area contributed by atoms with Gasteiger partial charge in [-0.1, -0.05) is 12.8 Å². The maximum atomic E-state index is 12.0. The summed E-state index contributed by atoms with van der Waals surface area (Å²) < 4.78 is 58.9. The Bertz CT molecular complexity index is 1250. The summed E-state index contributed by atoms with van der Waals surface area (Å²) in [5.74, 6) is 0. The summed E-state index contributed by atoms with van der Waals surface area (Å²) in [7, 11) is -15.5. The first-order valence-corrected chi connectivity index (χ1v) is 16.1. The second-order valence-electron chi connectivity index (χ2n) is 8.48. The van der Waals surface area contributed by atoms with Crippen molar-refractivity contribution in [3.05, 3.63) is 18.3 Å². The number of hydrogen-bond acceptors (Lipinski definition) is 17. The molecule has 1 saturated heterocycles. The van der Waals surface area contributed by atoms with E-state index < -0.39 is 54.6 Å². The van der Waals surface area contributed by atoms with E-state index >= 15 is 0 Å². The number of ether oxygens (including phenoxy) is 1. The molecule has 4 unspecified atom stereocenters. The summed E-state index contributed by atoms with van der Waals surface area (Å²) in [5.41, 5.74) is 1.20. The van der Waals surface area contributed by atoms with Crippen LogP contribution in [0.3, 0.4) is 0 Å². The van der Waals surface area contributed by atoms with Crippen molar-refractivity contribution in [2.75, 3.05) is 26.8 Å². The van der Waals surface area contributed by atoms with Crippen molar-refractivity contribution in [3.63, 3.8) is 0 Å². The standard InChI is InChI=1S/C18H32N5O13P3/c1-12-14-17(21-10-20-12)23(11-22-14)18-16(25)15(24)13(34-18)9-33-38(28,29)36-39(30,31)35-37(26,27)32-8-6-4-3-5-7-19-2/h10-11,13,15-16,18-19,24-25H,3-9H2,1-2H3,(H,26,27)(H,28,29)(H,30,31)/p-3/t13-,15?,16+,18-/m1/s1. The molecule has 0 amide bonds. The molecule has 2 aromatic rings. The number of imidazole rings is 1. The zero-order valence-corrected chi connectivity index (χ0v) is 23.6. The number of fused-ring (bicyclic) bond motifs is 1. The summed E-state index contributed by atoms with van der Waals surface area (Å²) in [6, 6.07) is 0. The van der Waals surface area contributed by atoms with E-state index in [0.29, 0.717) is 17.6 Å². The summed E-state index contributed by atoms with van der Waals surface area (Å²) in [4.78, 5) is 47.8. The molecule has 0 aliphatic carbocycles. The van der Waals surface area contributed by atoms with Gasteiger partial charge < -0.3 is 44.0 Å². The van der Waals surface area contributed by atoms with Crippen LogP contribution in [0.5, 0.6) is 0 Å². The fourth-order valence-corrected chi connectivity index (χ4v) is 7.06. The predicted octanol–water partition coefficient (Wildman–Crippen LogP) is -0.995. The van der Waals surface area contributed by atoms with Gasteiger partial charge in [0.2, 0.25) is 0 Å². The van der Waals surface area contributed by atoms with Crippen molar-refractivity contribution in [3.8, 4) is 0 Å². The Labute approximate surface area is 223 Å². The lowest BCUT2D eigenvalue weighted by molar-refractivity contribution is -0.251. The van der Waals surface area contributed by atoms with Gasteiger partial charge in [0.05, 0.1) is 25.2 Å². The second kappa shape index (κ2) is 13.6. The lowest BCUT2D eigenvalue weighted by Gasteiger charge is -2.34.